The minimum absolute atomic E-state index is 0.293. The lowest BCUT2D eigenvalue weighted by Crippen LogP contribution is -2.22. The van der Waals surface area contributed by atoms with Crippen molar-refractivity contribution in [3.05, 3.63) is 93.5 Å². The van der Waals surface area contributed by atoms with Crippen LogP contribution in [0.2, 0.25) is 10.0 Å². The molecule has 0 aliphatic rings. The Labute approximate surface area is 202 Å². The van der Waals surface area contributed by atoms with Crippen LogP contribution in [0.3, 0.4) is 0 Å². The van der Waals surface area contributed by atoms with E-state index >= 15 is 0 Å². The van der Waals surface area contributed by atoms with E-state index in [1.165, 1.54) is 30.5 Å². The highest BCUT2D eigenvalue weighted by Gasteiger charge is 2.34. The largest absolute Gasteiger partial charge is 0.484 e. The Bertz CT molecular complexity index is 1230. The normalized spacial score (nSPS) is 11.3. The number of halogens is 5. The first kappa shape index (κ1) is 25.1. The van der Waals surface area contributed by atoms with Crippen LogP contribution in [0.25, 0.3) is 0 Å². The fraction of sp³-hybridized carbons (Fsp3) is 0.0870. The summed E-state index contributed by atoms with van der Waals surface area (Å²) in [4.78, 5) is 24.2. The Hall–Kier alpha value is -3.56. The fourth-order valence-corrected chi connectivity index (χ4v) is 3.06. The molecule has 0 radical (unpaired) electrons. The molecule has 3 aromatic rings. The second-order valence-electron chi connectivity index (χ2n) is 6.78. The molecular formula is C23H16Cl2F3N3O3. The van der Waals surface area contributed by atoms with Crippen molar-refractivity contribution in [2.75, 3.05) is 11.9 Å². The predicted octanol–water partition coefficient (Wildman–Crippen LogP) is 5.79. The number of hydrazone groups is 1. The van der Waals surface area contributed by atoms with E-state index in [0.29, 0.717) is 27.0 Å². The van der Waals surface area contributed by atoms with Gasteiger partial charge >= 0.3 is 6.18 Å². The van der Waals surface area contributed by atoms with E-state index in [1.54, 1.807) is 30.3 Å². The van der Waals surface area contributed by atoms with E-state index in [2.05, 4.69) is 15.8 Å². The molecule has 2 N–H and O–H groups in total. The number of carbonyl (C=O) groups is 2. The van der Waals surface area contributed by atoms with Crippen LogP contribution in [0.15, 0.2) is 71.8 Å². The average Bonchev–Trinajstić information content (AvgIpc) is 2.80. The standard InChI is InChI=1S/C23H16Cl2F3N3O3/c24-19-9-8-15(11-20(19)25)30-21(32)13-34-16-5-3-4-14(10-16)12-29-31-22(33)17-6-1-2-7-18(17)23(26,27)28/h1-12H,13H2,(H,30,32)(H,31,33)/b29-12+. The number of anilines is 1. The molecule has 0 aromatic heterocycles. The molecule has 0 aliphatic carbocycles. The zero-order valence-electron chi connectivity index (χ0n) is 17.2. The molecule has 3 rings (SSSR count). The Balaban J connectivity index is 1.57. The summed E-state index contributed by atoms with van der Waals surface area (Å²) in [7, 11) is 0. The van der Waals surface area contributed by atoms with Crippen molar-refractivity contribution >= 4 is 46.9 Å². The third kappa shape index (κ3) is 6.97. The summed E-state index contributed by atoms with van der Waals surface area (Å²) in [6.45, 7) is -0.300. The van der Waals surface area contributed by atoms with Gasteiger partial charge in [0.1, 0.15) is 5.75 Å². The van der Waals surface area contributed by atoms with Crippen LogP contribution < -0.4 is 15.5 Å². The van der Waals surface area contributed by atoms with Crippen molar-refractivity contribution in [1.82, 2.24) is 5.43 Å². The van der Waals surface area contributed by atoms with Gasteiger partial charge in [-0.25, -0.2) is 5.43 Å². The van der Waals surface area contributed by atoms with Crippen LogP contribution in [-0.4, -0.2) is 24.6 Å². The van der Waals surface area contributed by atoms with Gasteiger partial charge in [0, 0.05) is 5.69 Å². The molecule has 2 amide bonds. The van der Waals surface area contributed by atoms with Gasteiger partial charge in [-0.2, -0.15) is 18.3 Å². The van der Waals surface area contributed by atoms with E-state index < -0.39 is 29.1 Å². The molecular weight excluding hydrogens is 494 g/mol. The molecule has 0 spiro atoms. The van der Waals surface area contributed by atoms with E-state index in [1.807, 2.05) is 0 Å². The first-order valence-electron chi connectivity index (χ1n) is 9.61. The highest BCUT2D eigenvalue weighted by atomic mass is 35.5. The zero-order valence-corrected chi connectivity index (χ0v) is 18.7. The van der Waals surface area contributed by atoms with Crippen LogP contribution in [0.5, 0.6) is 5.75 Å². The quantitative estimate of drug-likeness (QED) is 0.312. The number of alkyl halides is 3. The summed E-state index contributed by atoms with van der Waals surface area (Å²) >= 11 is 11.7. The number of hydrogen-bond acceptors (Lipinski definition) is 4. The Morgan fingerprint density at radius 1 is 0.971 bits per heavy atom. The summed E-state index contributed by atoms with van der Waals surface area (Å²) in [6.07, 6.45) is -3.44. The molecule has 0 saturated carbocycles. The van der Waals surface area contributed by atoms with Crippen LogP contribution in [0.1, 0.15) is 21.5 Å². The maximum Gasteiger partial charge on any atom is 0.417 e. The molecule has 34 heavy (non-hydrogen) atoms. The topological polar surface area (TPSA) is 79.8 Å². The second-order valence-corrected chi connectivity index (χ2v) is 7.60. The number of amides is 2. The van der Waals surface area contributed by atoms with Crippen molar-refractivity contribution in [2.24, 2.45) is 5.10 Å². The molecule has 11 heteroatoms. The fourth-order valence-electron chi connectivity index (χ4n) is 2.76. The van der Waals surface area contributed by atoms with Gasteiger partial charge in [-0.1, -0.05) is 47.5 Å². The molecule has 176 valence electrons. The van der Waals surface area contributed by atoms with Gasteiger partial charge < -0.3 is 10.1 Å². The number of nitrogens with one attached hydrogen (secondary N) is 2. The Morgan fingerprint density at radius 2 is 1.74 bits per heavy atom. The first-order chi connectivity index (χ1) is 16.1. The van der Waals surface area contributed by atoms with Crippen molar-refractivity contribution in [1.29, 1.82) is 0 Å². The van der Waals surface area contributed by atoms with Gasteiger partial charge in [-0.05, 0) is 48.0 Å². The second kappa shape index (κ2) is 11.0. The number of nitrogens with zero attached hydrogens (tertiary/aromatic N) is 1. The lowest BCUT2D eigenvalue weighted by molar-refractivity contribution is -0.138. The van der Waals surface area contributed by atoms with E-state index in [4.69, 9.17) is 27.9 Å². The predicted molar refractivity (Wildman–Crippen MR) is 124 cm³/mol. The van der Waals surface area contributed by atoms with Gasteiger partial charge in [0.05, 0.1) is 27.4 Å². The van der Waals surface area contributed by atoms with Crippen LogP contribution in [0, 0.1) is 0 Å². The molecule has 6 nitrogen and oxygen atoms in total. The SMILES string of the molecule is O=C(COc1cccc(/C=N/NC(=O)c2ccccc2C(F)(F)F)c1)Nc1ccc(Cl)c(Cl)c1. The summed E-state index contributed by atoms with van der Waals surface area (Å²) < 4.78 is 44.6. The van der Waals surface area contributed by atoms with E-state index in [0.717, 1.165) is 12.1 Å². The van der Waals surface area contributed by atoms with Crippen LogP contribution in [-0.2, 0) is 11.0 Å². The zero-order chi connectivity index (χ0) is 24.7. The number of ether oxygens (including phenoxy) is 1. The molecule has 3 aromatic carbocycles. The number of benzene rings is 3. The molecule has 0 unspecified atom stereocenters. The number of hydrogen-bond donors (Lipinski definition) is 2. The molecule has 0 fully saturated rings. The van der Waals surface area contributed by atoms with E-state index in [-0.39, 0.29) is 6.61 Å². The highest BCUT2D eigenvalue weighted by molar-refractivity contribution is 6.42. The van der Waals surface area contributed by atoms with Gasteiger partial charge in [0.2, 0.25) is 0 Å². The molecule has 0 bridgehead atoms. The molecule has 0 aliphatic heterocycles. The number of carbonyl (C=O) groups excluding carboxylic acids is 2. The van der Waals surface area contributed by atoms with Crippen molar-refractivity contribution in [3.8, 4) is 5.75 Å². The van der Waals surface area contributed by atoms with Crippen molar-refractivity contribution in [2.45, 2.75) is 6.18 Å². The molecule has 0 heterocycles. The maximum atomic E-state index is 13.1. The van der Waals surface area contributed by atoms with Gasteiger partial charge in [0.25, 0.3) is 11.8 Å². The average molecular weight is 510 g/mol. The van der Waals surface area contributed by atoms with Gasteiger partial charge in [0.15, 0.2) is 6.61 Å². The van der Waals surface area contributed by atoms with Crippen LogP contribution >= 0.6 is 23.2 Å². The summed E-state index contributed by atoms with van der Waals surface area (Å²) in [5, 5.41) is 6.96. The van der Waals surface area contributed by atoms with Gasteiger partial charge in [-0.3, -0.25) is 9.59 Å². The van der Waals surface area contributed by atoms with Gasteiger partial charge in [-0.15, -0.1) is 0 Å². The summed E-state index contributed by atoms with van der Waals surface area (Å²) in [6, 6.07) is 15.4. The Morgan fingerprint density at radius 3 is 2.47 bits per heavy atom. The molecule has 0 atom stereocenters. The highest BCUT2D eigenvalue weighted by Crippen LogP contribution is 2.31. The van der Waals surface area contributed by atoms with Crippen molar-refractivity contribution in [3.63, 3.8) is 0 Å². The lowest BCUT2D eigenvalue weighted by atomic mass is 10.1. The first-order valence-corrected chi connectivity index (χ1v) is 10.4. The monoisotopic (exact) mass is 509 g/mol. The summed E-state index contributed by atoms with van der Waals surface area (Å²) in [5.74, 6) is -1.11. The number of rotatable bonds is 7. The third-order valence-corrected chi connectivity index (χ3v) is 5.03. The minimum atomic E-state index is -4.67. The third-order valence-electron chi connectivity index (χ3n) is 4.29. The summed E-state index contributed by atoms with van der Waals surface area (Å²) in [5.41, 5.74) is 1.40. The Kier molecular flexibility index (Phi) is 8.14. The smallest absolute Gasteiger partial charge is 0.417 e. The van der Waals surface area contributed by atoms with Crippen molar-refractivity contribution < 1.29 is 27.5 Å². The minimum Gasteiger partial charge on any atom is -0.484 e. The molecule has 0 saturated heterocycles. The van der Waals surface area contributed by atoms with E-state index in [9.17, 15) is 22.8 Å². The lowest BCUT2D eigenvalue weighted by Gasteiger charge is -2.11. The maximum absolute atomic E-state index is 13.1. The van der Waals surface area contributed by atoms with Crippen LogP contribution in [0.4, 0.5) is 18.9 Å².